The van der Waals surface area contributed by atoms with E-state index in [1.54, 1.807) is 0 Å². The zero-order valence-electron chi connectivity index (χ0n) is 9.80. The molecule has 0 amide bonds. The second kappa shape index (κ2) is 7.73. The molecule has 0 radical (unpaired) electrons. The van der Waals surface area contributed by atoms with Crippen molar-refractivity contribution in [1.82, 2.24) is 5.32 Å². The molecule has 1 rings (SSSR count). The summed E-state index contributed by atoms with van der Waals surface area (Å²) in [6.07, 6.45) is 11.6. The molecule has 86 valence electrons. The van der Waals surface area contributed by atoms with Gasteiger partial charge in [-0.1, -0.05) is 12.8 Å². The molecule has 0 spiro atoms. The van der Waals surface area contributed by atoms with Crippen molar-refractivity contribution in [2.45, 2.75) is 45.1 Å². The standard InChI is InChI=1S/C13H23NO/c1-3-10-15-11-4-9-14-13-7-5-12(2)6-8-13/h1,12-14H,4-11H2,2H3. The molecule has 1 N–H and O–H groups in total. The van der Waals surface area contributed by atoms with Gasteiger partial charge in [0.25, 0.3) is 0 Å². The molecule has 1 aliphatic rings. The van der Waals surface area contributed by atoms with Gasteiger partial charge in [-0.25, -0.2) is 0 Å². The highest BCUT2D eigenvalue weighted by Gasteiger charge is 2.16. The summed E-state index contributed by atoms with van der Waals surface area (Å²) in [5.41, 5.74) is 0. The highest BCUT2D eigenvalue weighted by atomic mass is 16.5. The molecule has 2 heteroatoms. The van der Waals surface area contributed by atoms with E-state index in [2.05, 4.69) is 18.2 Å². The second-order valence-corrected chi connectivity index (χ2v) is 4.52. The van der Waals surface area contributed by atoms with Gasteiger partial charge in [-0.3, -0.25) is 0 Å². The average Bonchev–Trinajstić information content (AvgIpc) is 2.26. The number of hydrogen-bond acceptors (Lipinski definition) is 2. The van der Waals surface area contributed by atoms with Crippen LogP contribution in [0.15, 0.2) is 0 Å². The normalized spacial score (nSPS) is 26.1. The molecule has 0 aromatic rings. The smallest absolute Gasteiger partial charge is 0.107 e. The lowest BCUT2D eigenvalue weighted by Gasteiger charge is -2.27. The first-order valence-corrected chi connectivity index (χ1v) is 6.07. The van der Waals surface area contributed by atoms with Crippen LogP contribution in [-0.4, -0.2) is 25.8 Å². The van der Waals surface area contributed by atoms with Gasteiger partial charge in [0.2, 0.25) is 0 Å². The molecule has 15 heavy (non-hydrogen) atoms. The van der Waals surface area contributed by atoms with Gasteiger partial charge in [-0.05, 0) is 44.6 Å². The van der Waals surface area contributed by atoms with E-state index >= 15 is 0 Å². The summed E-state index contributed by atoms with van der Waals surface area (Å²) < 4.78 is 5.21. The summed E-state index contributed by atoms with van der Waals surface area (Å²) in [5.74, 6) is 3.40. The van der Waals surface area contributed by atoms with Crippen molar-refractivity contribution in [3.05, 3.63) is 0 Å². The summed E-state index contributed by atoms with van der Waals surface area (Å²) in [7, 11) is 0. The van der Waals surface area contributed by atoms with Crippen LogP contribution in [0, 0.1) is 18.3 Å². The maximum atomic E-state index is 5.21. The van der Waals surface area contributed by atoms with Crippen molar-refractivity contribution in [3.63, 3.8) is 0 Å². The summed E-state index contributed by atoms with van der Waals surface area (Å²) in [6.45, 7) is 4.63. The van der Waals surface area contributed by atoms with Crippen LogP contribution in [0.1, 0.15) is 39.0 Å². The molecule has 0 atom stereocenters. The Balaban J connectivity index is 1.90. The molecule has 0 saturated heterocycles. The molecule has 1 aliphatic carbocycles. The molecule has 2 nitrogen and oxygen atoms in total. The van der Waals surface area contributed by atoms with E-state index < -0.39 is 0 Å². The highest BCUT2D eigenvalue weighted by Crippen LogP contribution is 2.23. The lowest BCUT2D eigenvalue weighted by molar-refractivity contribution is 0.162. The zero-order chi connectivity index (χ0) is 10.9. The number of nitrogens with one attached hydrogen (secondary N) is 1. The van der Waals surface area contributed by atoms with Crippen LogP contribution in [-0.2, 0) is 4.74 Å². The molecule has 0 bridgehead atoms. The van der Waals surface area contributed by atoms with Crippen molar-refractivity contribution in [3.8, 4) is 12.3 Å². The van der Waals surface area contributed by atoms with Crippen molar-refractivity contribution < 1.29 is 4.74 Å². The van der Waals surface area contributed by atoms with Crippen LogP contribution in [0.4, 0.5) is 0 Å². The Morgan fingerprint density at radius 2 is 2.07 bits per heavy atom. The summed E-state index contributed by atoms with van der Waals surface area (Å²) >= 11 is 0. The maximum absolute atomic E-state index is 5.21. The molecular formula is C13H23NO. The third-order valence-corrected chi connectivity index (χ3v) is 3.10. The van der Waals surface area contributed by atoms with E-state index in [0.29, 0.717) is 6.61 Å². The Morgan fingerprint density at radius 3 is 2.73 bits per heavy atom. The Kier molecular flexibility index (Phi) is 6.47. The molecule has 1 fully saturated rings. The average molecular weight is 209 g/mol. The van der Waals surface area contributed by atoms with Gasteiger partial charge in [0, 0.05) is 12.6 Å². The molecular weight excluding hydrogens is 186 g/mol. The third-order valence-electron chi connectivity index (χ3n) is 3.10. The number of hydrogen-bond donors (Lipinski definition) is 1. The largest absolute Gasteiger partial charge is 0.369 e. The van der Waals surface area contributed by atoms with E-state index in [1.165, 1.54) is 25.7 Å². The predicted octanol–water partition coefficient (Wildman–Crippen LogP) is 2.19. The molecule has 0 aliphatic heterocycles. The monoisotopic (exact) mass is 209 g/mol. The van der Waals surface area contributed by atoms with Crippen molar-refractivity contribution in [1.29, 1.82) is 0 Å². The minimum Gasteiger partial charge on any atom is -0.369 e. The Morgan fingerprint density at radius 1 is 1.33 bits per heavy atom. The van der Waals surface area contributed by atoms with Crippen LogP contribution in [0.5, 0.6) is 0 Å². The maximum Gasteiger partial charge on any atom is 0.107 e. The third kappa shape index (κ3) is 5.81. The topological polar surface area (TPSA) is 21.3 Å². The van der Waals surface area contributed by atoms with Crippen molar-refractivity contribution in [2.75, 3.05) is 19.8 Å². The number of ether oxygens (including phenoxy) is 1. The minimum absolute atomic E-state index is 0.445. The van der Waals surface area contributed by atoms with Gasteiger partial charge in [0.1, 0.15) is 6.61 Å². The van der Waals surface area contributed by atoms with Gasteiger partial charge in [-0.2, -0.15) is 0 Å². The number of terminal acetylenes is 1. The first kappa shape index (κ1) is 12.5. The fraction of sp³-hybridized carbons (Fsp3) is 0.846. The summed E-state index contributed by atoms with van der Waals surface area (Å²) in [6, 6.07) is 0.744. The van der Waals surface area contributed by atoms with E-state index in [0.717, 1.165) is 31.5 Å². The first-order chi connectivity index (χ1) is 7.33. The summed E-state index contributed by atoms with van der Waals surface area (Å²) in [5, 5.41) is 3.59. The van der Waals surface area contributed by atoms with E-state index in [4.69, 9.17) is 11.2 Å². The van der Waals surface area contributed by atoms with E-state index in [1.807, 2.05) is 0 Å². The Bertz CT molecular complexity index is 189. The Hall–Kier alpha value is -0.520. The predicted molar refractivity (Wildman–Crippen MR) is 63.7 cm³/mol. The van der Waals surface area contributed by atoms with Crippen molar-refractivity contribution in [2.24, 2.45) is 5.92 Å². The van der Waals surface area contributed by atoms with Gasteiger partial charge >= 0.3 is 0 Å². The van der Waals surface area contributed by atoms with E-state index in [9.17, 15) is 0 Å². The van der Waals surface area contributed by atoms with Crippen LogP contribution < -0.4 is 5.32 Å². The lowest BCUT2D eigenvalue weighted by Crippen LogP contribution is -2.33. The molecule has 1 saturated carbocycles. The van der Waals surface area contributed by atoms with Gasteiger partial charge < -0.3 is 10.1 Å². The minimum atomic E-state index is 0.445. The van der Waals surface area contributed by atoms with Crippen LogP contribution in [0.2, 0.25) is 0 Å². The highest BCUT2D eigenvalue weighted by molar-refractivity contribution is 4.82. The van der Waals surface area contributed by atoms with E-state index in [-0.39, 0.29) is 0 Å². The van der Waals surface area contributed by atoms with Crippen LogP contribution in [0.25, 0.3) is 0 Å². The fourth-order valence-corrected chi connectivity index (χ4v) is 2.08. The Labute approximate surface area is 93.8 Å². The van der Waals surface area contributed by atoms with Crippen LogP contribution in [0.3, 0.4) is 0 Å². The molecule has 0 heterocycles. The van der Waals surface area contributed by atoms with Crippen molar-refractivity contribution >= 4 is 0 Å². The van der Waals surface area contributed by atoms with Gasteiger partial charge in [0.15, 0.2) is 0 Å². The summed E-state index contributed by atoms with van der Waals surface area (Å²) in [4.78, 5) is 0. The quantitative estimate of drug-likeness (QED) is 0.535. The fourth-order valence-electron chi connectivity index (χ4n) is 2.08. The molecule has 0 unspecified atom stereocenters. The molecule has 0 aromatic carbocycles. The lowest BCUT2D eigenvalue weighted by atomic mass is 9.87. The number of rotatable bonds is 6. The van der Waals surface area contributed by atoms with Gasteiger partial charge in [0.05, 0.1) is 0 Å². The van der Waals surface area contributed by atoms with Crippen LogP contribution >= 0.6 is 0 Å². The van der Waals surface area contributed by atoms with Gasteiger partial charge in [-0.15, -0.1) is 6.42 Å². The SMILES string of the molecule is C#CCOCCCNC1CCC(C)CC1. The first-order valence-electron chi connectivity index (χ1n) is 6.07. The molecule has 0 aromatic heterocycles. The zero-order valence-corrected chi connectivity index (χ0v) is 9.80. The second-order valence-electron chi connectivity index (χ2n) is 4.52.